The molecule has 96 valence electrons. The minimum absolute atomic E-state index is 0.0915. The third-order valence-electron chi connectivity index (χ3n) is 3.50. The smallest absolute Gasteiger partial charge is 0.140 e. The molecule has 0 saturated heterocycles. The summed E-state index contributed by atoms with van der Waals surface area (Å²) in [5.41, 5.74) is 0.956. The zero-order valence-corrected chi connectivity index (χ0v) is 10.5. The number of hydrogen-bond acceptors (Lipinski definition) is 2. The molecular formula is C15H18FNO. The Morgan fingerprint density at radius 1 is 1.28 bits per heavy atom. The number of ether oxygens (including phenoxy) is 1. The molecule has 0 atom stereocenters. The highest BCUT2D eigenvalue weighted by atomic mass is 19.1. The first-order valence-electron chi connectivity index (χ1n) is 6.56. The Morgan fingerprint density at radius 3 is 2.78 bits per heavy atom. The maximum Gasteiger partial charge on any atom is 0.140 e. The third kappa shape index (κ3) is 3.54. The van der Waals surface area contributed by atoms with Crippen LogP contribution in [-0.2, 0) is 11.3 Å². The van der Waals surface area contributed by atoms with Crippen molar-refractivity contribution in [2.24, 2.45) is 5.92 Å². The monoisotopic (exact) mass is 247 g/mol. The average molecular weight is 247 g/mol. The molecule has 1 fully saturated rings. The van der Waals surface area contributed by atoms with Crippen molar-refractivity contribution in [3.05, 3.63) is 35.1 Å². The van der Waals surface area contributed by atoms with Gasteiger partial charge in [-0.1, -0.05) is 25.3 Å². The summed E-state index contributed by atoms with van der Waals surface area (Å²) >= 11 is 0. The van der Waals surface area contributed by atoms with Gasteiger partial charge in [-0.3, -0.25) is 0 Å². The second-order valence-corrected chi connectivity index (χ2v) is 4.95. The van der Waals surface area contributed by atoms with E-state index in [1.807, 2.05) is 6.07 Å². The van der Waals surface area contributed by atoms with E-state index in [-0.39, 0.29) is 5.56 Å². The minimum atomic E-state index is -0.464. The summed E-state index contributed by atoms with van der Waals surface area (Å²) < 4.78 is 18.8. The van der Waals surface area contributed by atoms with E-state index >= 15 is 0 Å². The number of benzene rings is 1. The Kier molecular flexibility index (Phi) is 4.72. The highest BCUT2D eigenvalue weighted by Crippen LogP contribution is 2.24. The lowest BCUT2D eigenvalue weighted by Crippen LogP contribution is -2.13. The van der Waals surface area contributed by atoms with E-state index in [1.165, 1.54) is 38.2 Å². The van der Waals surface area contributed by atoms with Gasteiger partial charge in [0, 0.05) is 6.61 Å². The zero-order chi connectivity index (χ0) is 12.8. The van der Waals surface area contributed by atoms with Gasteiger partial charge in [-0.05, 0) is 36.5 Å². The molecule has 3 heteroatoms. The van der Waals surface area contributed by atoms with Gasteiger partial charge < -0.3 is 4.74 Å². The fourth-order valence-electron chi connectivity index (χ4n) is 2.45. The summed E-state index contributed by atoms with van der Waals surface area (Å²) in [7, 11) is 0. The first-order valence-corrected chi connectivity index (χ1v) is 6.56. The van der Waals surface area contributed by atoms with Crippen LogP contribution in [0.2, 0.25) is 0 Å². The Bertz CT molecular complexity index is 433. The van der Waals surface area contributed by atoms with Crippen molar-refractivity contribution in [1.29, 1.82) is 5.26 Å². The minimum Gasteiger partial charge on any atom is -0.376 e. The molecule has 0 amide bonds. The molecule has 0 spiro atoms. The van der Waals surface area contributed by atoms with Gasteiger partial charge >= 0.3 is 0 Å². The lowest BCUT2D eigenvalue weighted by atomic mass is 9.90. The number of nitriles is 1. The molecule has 1 aliphatic carbocycles. The molecule has 2 nitrogen and oxygen atoms in total. The van der Waals surface area contributed by atoms with Crippen molar-refractivity contribution in [2.45, 2.75) is 38.7 Å². The van der Waals surface area contributed by atoms with Crippen LogP contribution in [0.15, 0.2) is 18.2 Å². The summed E-state index contributed by atoms with van der Waals surface area (Å²) in [5.74, 6) is 0.211. The van der Waals surface area contributed by atoms with Crippen molar-refractivity contribution in [2.75, 3.05) is 6.61 Å². The van der Waals surface area contributed by atoms with Crippen LogP contribution in [-0.4, -0.2) is 6.61 Å². The summed E-state index contributed by atoms with van der Waals surface area (Å²) in [6.07, 6.45) is 6.48. The van der Waals surface area contributed by atoms with Crippen LogP contribution in [0.3, 0.4) is 0 Å². The zero-order valence-electron chi connectivity index (χ0n) is 10.5. The van der Waals surface area contributed by atoms with Crippen molar-refractivity contribution in [3.63, 3.8) is 0 Å². The molecule has 1 aromatic carbocycles. The maximum atomic E-state index is 13.1. The molecule has 0 bridgehead atoms. The van der Waals surface area contributed by atoms with E-state index in [1.54, 1.807) is 12.1 Å². The topological polar surface area (TPSA) is 33.0 Å². The first kappa shape index (κ1) is 13.0. The summed E-state index contributed by atoms with van der Waals surface area (Å²) in [6, 6.07) is 6.42. The maximum absolute atomic E-state index is 13.1. The van der Waals surface area contributed by atoms with Crippen molar-refractivity contribution >= 4 is 0 Å². The third-order valence-corrected chi connectivity index (χ3v) is 3.50. The van der Waals surface area contributed by atoms with Crippen LogP contribution < -0.4 is 0 Å². The van der Waals surface area contributed by atoms with Gasteiger partial charge in [-0.15, -0.1) is 0 Å². The normalized spacial score (nSPS) is 16.4. The fourth-order valence-corrected chi connectivity index (χ4v) is 2.45. The molecular weight excluding hydrogens is 229 g/mol. The largest absolute Gasteiger partial charge is 0.376 e. The Labute approximate surface area is 107 Å². The Morgan fingerprint density at radius 2 is 2.06 bits per heavy atom. The van der Waals surface area contributed by atoms with Gasteiger partial charge in [-0.25, -0.2) is 4.39 Å². The lowest BCUT2D eigenvalue weighted by molar-refractivity contribution is 0.0739. The fraction of sp³-hybridized carbons (Fsp3) is 0.533. The SMILES string of the molecule is N#Cc1cc(COCC2CCCCC2)ccc1F. The molecule has 18 heavy (non-hydrogen) atoms. The van der Waals surface area contributed by atoms with E-state index in [2.05, 4.69) is 0 Å². The van der Waals surface area contributed by atoms with Crippen LogP contribution in [0.5, 0.6) is 0 Å². The highest BCUT2D eigenvalue weighted by molar-refractivity contribution is 5.34. The number of hydrogen-bond donors (Lipinski definition) is 0. The van der Waals surface area contributed by atoms with E-state index in [0.29, 0.717) is 12.5 Å². The van der Waals surface area contributed by atoms with Gasteiger partial charge in [0.2, 0.25) is 0 Å². The highest BCUT2D eigenvalue weighted by Gasteiger charge is 2.13. The molecule has 0 aromatic heterocycles. The molecule has 1 saturated carbocycles. The summed E-state index contributed by atoms with van der Waals surface area (Å²) in [6.45, 7) is 1.24. The first-order chi connectivity index (χ1) is 8.79. The van der Waals surface area contributed by atoms with E-state index in [9.17, 15) is 4.39 Å². The van der Waals surface area contributed by atoms with Gasteiger partial charge in [-0.2, -0.15) is 5.26 Å². The second-order valence-electron chi connectivity index (χ2n) is 4.95. The van der Waals surface area contributed by atoms with Crippen LogP contribution in [0.1, 0.15) is 43.2 Å². The van der Waals surface area contributed by atoms with E-state index in [4.69, 9.17) is 10.00 Å². The number of halogens is 1. The van der Waals surface area contributed by atoms with Gasteiger partial charge in [0.1, 0.15) is 11.9 Å². The van der Waals surface area contributed by atoms with Gasteiger partial charge in [0.25, 0.3) is 0 Å². The van der Waals surface area contributed by atoms with Crippen molar-refractivity contribution in [3.8, 4) is 6.07 Å². The quantitative estimate of drug-likeness (QED) is 0.810. The predicted molar refractivity (Wildman–Crippen MR) is 67.3 cm³/mol. The van der Waals surface area contributed by atoms with Crippen molar-refractivity contribution < 1.29 is 9.13 Å². The van der Waals surface area contributed by atoms with Gasteiger partial charge in [0.15, 0.2) is 0 Å². The number of nitrogens with zero attached hydrogens (tertiary/aromatic N) is 1. The molecule has 0 radical (unpaired) electrons. The molecule has 1 aromatic rings. The summed E-state index contributed by atoms with van der Waals surface area (Å²) in [5, 5.41) is 8.74. The van der Waals surface area contributed by atoms with E-state index < -0.39 is 5.82 Å². The number of rotatable bonds is 4. The summed E-state index contributed by atoms with van der Waals surface area (Å²) in [4.78, 5) is 0. The standard InChI is InChI=1S/C15H18FNO/c16-15-7-6-13(8-14(15)9-17)11-18-10-12-4-2-1-3-5-12/h6-8,12H,1-5,10-11H2. The van der Waals surface area contributed by atoms with Crippen molar-refractivity contribution in [1.82, 2.24) is 0 Å². The van der Waals surface area contributed by atoms with Crippen LogP contribution in [0.4, 0.5) is 4.39 Å². The van der Waals surface area contributed by atoms with Crippen LogP contribution in [0.25, 0.3) is 0 Å². The molecule has 0 heterocycles. The van der Waals surface area contributed by atoms with Crippen LogP contribution >= 0.6 is 0 Å². The molecule has 0 unspecified atom stereocenters. The van der Waals surface area contributed by atoms with Gasteiger partial charge in [0.05, 0.1) is 12.2 Å². The molecule has 2 rings (SSSR count). The van der Waals surface area contributed by atoms with Crippen LogP contribution in [0, 0.1) is 23.1 Å². The second kappa shape index (κ2) is 6.51. The Hall–Kier alpha value is -1.40. The predicted octanol–water partition coefficient (Wildman–Crippen LogP) is 3.79. The van der Waals surface area contributed by atoms with E-state index in [0.717, 1.165) is 12.2 Å². The molecule has 0 N–H and O–H groups in total. The average Bonchev–Trinajstić information content (AvgIpc) is 2.42. The molecule has 1 aliphatic rings. The molecule has 0 aliphatic heterocycles. The lowest BCUT2D eigenvalue weighted by Gasteiger charge is -2.21. The Balaban J connectivity index is 1.81.